The molecule has 0 spiro atoms. The molecule has 1 N–H and O–H groups in total. The maximum atomic E-state index is 12.9. The molecule has 3 aromatic carbocycles. The number of carbonyl (C=O) groups excluding carboxylic acids is 2. The van der Waals surface area contributed by atoms with Crippen molar-refractivity contribution >= 4 is 23.2 Å². The first-order valence-electron chi connectivity index (χ1n) is 9.50. The summed E-state index contributed by atoms with van der Waals surface area (Å²) in [6.45, 7) is 2.70. The van der Waals surface area contributed by atoms with Crippen LogP contribution in [0.15, 0.2) is 72.8 Å². The zero-order valence-electron chi connectivity index (χ0n) is 15.8. The van der Waals surface area contributed by atoms with Gasteiger partial charge in [-0.25, -0.2) is 0 Å². The number of carbonyl (C=O) groups is 2. The van der Waals surface area contributed by atoms with Gasteiger partial charge in [0, 0.05) is 29.0 Å². The Bertz CT molecular complexity index is 1010. The predicted octanol–water partition coefficient (Wildman–Crippen LogP) is 4.84. The van der Waals surface area contributed by atoms with E-state index in [1.54, 1.807) is 0 Å². The van der Waals surface area contributed by atoms with Crippen LogP contribution in [0.25, 0.3) is 0 Å². The van der Waals surface area contributed by atoms with E-state index in [9.17, 15) is 9.59 Å². The first-order valence-corrected chi connectivity index (χ1v) is 9.50. The van der Waals surface area contributed by atoms with Gasteiger partial charge < -0.3 is 10.2 Å². The molecular formula is C24H22N2O2. The van der Waals surface area contributed by atoms with E-state index in [0.717, 1.165) is 35.3 Å². The van der Waals surface area contributed by atoms with Crippen molar-refractivity contribution in [2.75, 3.05) is 16.8 Å². The summed E-state index contributed by atoms with van der Waals surface area (Å²) in [5, 5.41) is 2.96. The smallest absolute Gasteiger partial charge is 0.258 e. The van der Waals surface area contributed by atoms with E-state index in [-0.39, 0.29) is 11.8 Å². The van der Waals surface area contributed by atoms with Gasteiger partial charge >= 0.3 is 0 Å². The molecule has 4 heteroatoms. The number of hydrogen-bond acceptors (Lipinski definition) is 2. The van der Waals surface area contributed by atoms with Gasteiger partial charge in [0.25, 0.3) is 11.8 Å². The van der Waals surface area contributed by atoms with Crippen molar-refractivity contribution < 1.29 is 9.59 Å². The molecule has 1 heterocycles. The lowest BCUT2D eigenvalue weighted by Crippen LogP contribution is -2.35. The van der Waals surface area contributed by atoms with E-state index in [1.807, 2.05) is 84.6 Å². The van der Waals surface area contributed by atoms with Crippen molar-refractivity contribution in [3.05, 3.63) is 95.1 Å². The highest BCUT2D eigenvalue weighted by molar-refractivity contribution is 6.07. The van der Waals surface area contributed by atoms with Crippen LogP contribution in [-0.4, -0.2) is 18.4 Å². The average Bonchev–Trinajstić information content (AvgIpc) is 2.73. The van der Waals surface area contributed by atoms with Gasteiger partial charge in [0.2, 0.25) is 0 Å². The van der Waals surface area contributed by atoms with E-state index >= 15 is 0 Å². The Hall–Kier alpha value is -3.40. The molecule has 0 unspecified atom stereocenters. The minimum Gasteiger partial charge on any atom is -0.322 e. The molecule has 4 rings (SSSR count). The van der Waals surface area contributed by atoms with Gasteiger partial charge in [-0.15, -0.1) is 0 Å². The minimum absolute atomic E-state index is 0.0120. The van der Waals surface area contributed by atoms with E-state index in [4.69, 9.17) is 0 Å². The quantitative estimate of drug-likeness (QED) is 0.717. The highest BCUT2D eigenvalue weighted by Gasteiger charge is 2.23. The second kappa shape index (κ2) is 7.69. The Kier molecular flexibility index (Phi) is 4.94. The lowest BCUT2D eigenvalue weighted by molar-refractivity contribution is 0.0983. The third-order valence-corrected chi connectivity index (χ3v) is 5.04. The van der Waals surface area contributed by atoms with Crippen molar-refractivity contribution in [2.45, 2.75) is 19.8 Å². The van der Waals surface area contributed by atoms with E-state index in [2.05, 4.69) is 5.32 Å². The molecule has 0 saturated carbocycles. The van der Waals surface area contributed by atoms with Gasteiger partial charge in [-0.05, 0) is 67.8 Å². The highest BCUT2D eigenvalue weighted by atomic mass is 16.2. The molecule has 2 amide bonds. The largest absolute Gasteiger partial charge is 0.322 e. The molecule has 3 aromatic rings. The molecule has 0 radical (unpaired) electrons. The summed E-state index contributed by atoms with van der Waals surface area (Å²) in [5.74, 6) is -0.119. The summed E-state index contributed by atoms with van der Waals surface area (Å²) < 4.78 is 0. The van der Waals surface area contributed by atoms with Crippen LogP contribution >= 0.6 is 0 Å². The van der Waals surface area contributed by atoms with Crippen LogP contribution < -0.4 is 10.2 Å². The molecule has 1 aliphatic heterocycles. The van der Waals surface area contributed by atoms with Crippen molar-refractivity contribution in [3.63, 3.8) is 0 Å². The SMILES string of the molecule is Cc1ccc(C(=O)Nc2ccc3c(c2)CCCN3C(=O)c2ccccc2)cc1. The summed E-state index contributed by atoms with van der Waals surface area (Å²) in [6.07, 6.45) is 1.79. The topological polar surface area (TPSA) is 49.4 Å². The summed E-state index contributed by atoms with van der Waals surface area (Å²) in [7, 11) is 0. The Morgan fingerprint density at radius 3 is 2.39 bits per heavy atom. The zero-order valence-corrected chi connectivity index (χ0v) is 15.8. The van der Waals surface area contributed by atoms with Crippen LogP contribution in [0.2, 0.25) is 0 Å². The number of nitrogens with zero attached hydrogens (tertiary/aromatic N) is 1. The van der Waals surface area contributed by atoms with Crippen molar-refractivity contribution in [3.8, 4) is 0 Å². The van der Waals surface area contributed by atoms with Crippen LogP contribution in [0.3, 0.4) is 0 Å². The maximum absolute atomic E-state index is 12.9. The number of aryl methyl sites for hydroxylation is 2. The standard InChI is InChI=1S/C24H22N2O2/c1-17-9-11-18(12-10-17)23(27)25-21-13-14-22-20(16-21)8-5-15-26(22)24(28)19-6-3-2-4-7-19/h2-4,6-7,9-14,16H,5,8,15H2,1H3,(H,25,27). The zero-order chi connectivity index (χ0) is 19.5. The number of hydrogen-bond donors (Lipinski definition) is 1. The van der Waals surface area contributed by atoms with Crippen LogP contribution in [0.5, 0.6) is 0 Å². The van der Waals surface area contributed by atoms with E-state index < -0.39 is 0 Å². The molecule has 4 nitrogen and oxygen atoms in total. The molecular weight excluding hydrogens is 348 g/mol. The summed E-state index contributed by atoms with van der Waals surface area (Å²) in [6, 6.07) is 22.6. The lowest BCUT2D eigenvalue weighted by Gasteiger charge is -2.30. The molecule has 0 saturated heterocycles. The fourth-order valence-corrected chi connectivity index (χ4v) is 3.53. The molecule has 1 aliphatic rings. The van der Waals surface area contributed by atoms with Crippen LogP contribution in [0.1, 0.15) is 38.3 Å². The third-order valence-electron chi connectivity index (χ3n) is 5.04. The molecule has 28 heavy (non-hydrogen) atoms. The van der Waals surface area contributed by atoms with Crippen molar-refractivity contribution in [2.24, 2.45) is 0 Å². The fourth-order valence-electron chi connectivity index (χ4n) is 3.53. The minimum atomic E-state index is -0.132. The number of fused-ring (bicyclic) bond motifs is 1. The van der Waals surface area contributed by atoms with E-state index in [0.29, 0.717) is 17.7 Å². The molecule has 0 atom stereocenters. The van der Waals surface area contributed by atoms with Gasteiger partial charge in [-0.2, -0.15) is 0 Å². The number of nitrogens with one attached hydrogen (secondary N) is 1. The third kappa shape index (κ3) is 3.67. The van der Waals surface area contributed by atoms with Gasteiger partial charge in [-0.1, -0.05) is 35.9 Å². The van der Waals surface area contributed by atoms with Gasteiger partial charge in [-0.3, -0.25) is 9.59 Å². The molecule has 0 aromatic heterocycles. The summed E-state index contributed by atoms with van der Waals surface area (Å²) >= 11 is 0. The molecule has 140 valence electrons. The maximum Gasteiger partial charge on any atom is 0.258 e. The molecule has 0 aliphatic carbocycles. The predicted molar refractivity (Wildman–Crippen MR) is 112 cm³/mol. The van der Waals surface area contributed by atoms with Crippen molar-refractivity contribution in [1.82, 2.24) is 0 Å². The van der Waals surface area contributed by atoms with Gasteiger partial charge in [0.1, 0.15) is 0 Å². The summed E-state index contributed by atoms with van der Waals surface area (Å²) in [4.78, 5) is 27.2. The number of rotatable bonds is 3. The van der Waals surface area contributed by atoms with Crippen LogP contribution in [-0.2, 0) is 6.42 Å². The lowest BCUT2D eigenvalue weighted by atomic mass is 10.00. The highest BCUT2D eigenvalue weighted by Crippen LogP contribution is 2.31. The Morgan fingerprint density at radius 1 is 0.893 bits per heavy atom. The normalized spacial score (nSPS) is 13.0. The first kappa shape index (κ1) is 18.0. The second-order valence-corrected chi connectivity index (χ2v) is 7.09. The molecule has 0 bridgehead atoms. The Labute approximate surface area is 164 Å². The monoisotopic (exact) mass is 370 g/mol. The Balaban J connectivity index is 1.55. The van der Waals surface area contributed by atoms with Gasteiger partial charge in [0.15, 0.2) is 0 Å². The summed E-state index contributed by atoms with van der Waals surface area (Å²) in [5.41, 5.74) is 5.19. The first-order chi connectivity index (χ1) is 13.6. The van der Waals surface area contributed by atoms with Crippen molar-refractivity contribution in [1.29, 1.82) is 0 Å². The van der Waals surface area contributed by atoms with Crippen LogP contribution in [0, 0.1) is 6.92 Å². The number of anilines is 2. The number of amides is 2. The average molecular weight is 370 g/mol. The fraction of sp³-hybridized carbons (Fsp3) is 0.167. The Morgan fingerprint density at radius 2 is 1.64 bits per heavy atom. The molecule has 0 fully saturated rings. The van der Waals surface area contributed by atoms with E-state index in [1.165, 1.54) is 0 Å². The van der Waals surface area contributed by atoms with Gasteiger partial charge in [0.05, 0.1) is 0 Å². The number of benzene rings is 3. The second-order valence-electron chi connectivity index (χ2n) is 7.09. The van der Waals surface area contributed by atoms with Crippen LogP contribution in [0.4, 0.5) is 11.4 Å².